The van der Waals surface area contributed by atoms with Gasteiger partial charge in [-0.2, -0.15) is 5.10 Å². The first-order chi connectivity index (χ1) is 11.8. The number of carbonyl (C=O) groups is 1. The van der Waals surface area contributed by atoms with Crippen molar-refractivity contribution < 1.29 is 9.53 Å². The molecule has 0 bridgehead atoms. The van der Waals surface area contributed by atoms with E-state index in [1.165, 1.54) is 0 Å². The van der Waals surface area contributed by atoms with Crippen molar-refractivity contribution in [2.75, 3.05) is 12.4 Å². The molecule has 0 unspecified atom stereocenters. The molecule has 0 aliphatic rings. The minimum absolute atomic E-state index is 0.183. The summed E-state index contributed by atoms with van der Waals surface area (Å²) in [7, 11) is 1.63. The highest BCUT2D eigenvalue weighted by Crippen LogP contribution is 2.17. The van der Waals surface area contributed by atoms with Crippen LogP contribution in [0.4, 0.5) is 5.69 Å². The van der Waals surface area contributed by atoms with Gasteiger partial charge in [-0.1, -0.05) is 48.5 Å². The van der Waals surface area contributed by atoms with E-state index in [9.17, 15) is 4.79 Å². The van der Waals surface area contributed by atoms with Gasteiger partial charge in [0.25, 0.3) is 5.91 Å². The van der Waals surface area contributed by atoms with Crippen LogP contribution in [-0.2, 0) is 17.9 Å². The summed E-state index contributed by atoms with van der Waals surface area (Å²) in [6.45, 7) is 1.08. The number of methoxy groups -OCH3 is 1. The van der Waals surface area contributed by atoms with Crippen molar-refractivity contribution in [3.8, 4) is 0 Å². The third kappa shape index (κ3) is 3.88. The summed E-state index contributed by atoms with van der Waals surface area (Å²) < 4.78 is 6.91. The molecule has 5 nitrogen and oxygen atoms in total. The van der Waals surface area contributed by atoms with Gasteiger partial charge in [0.1, 0.15) is 0 Å². The Hall–Kier alpha value is -2.92. The maximum atomic E-state index is 12.4. The van der Waals surface area contributed by atoms with Crippen LogP contribution < -0.4 is 5.32 Å². The molecule has 3 rings (SSSR count). The van der Waals surface area contributed by atoms with Crippen LogP contribution in [0.15, 0.2) is 67.0 Å². The van der Waals surface area contributed by atoms with Crippen LogP contribution in [0.25, 0.3) is 0 Å². The van der Waals surface area contributed by atoms with Crippen LogP contribution in [0, 0.1) is 0 Å². The van der Waals surface area contributed by atoms with Gasteiger partial charge in [0.05, 0.1) is 24.9 Å². The molecule has 0 saturated heterocycles. The zero-order valence-corrected chi connectivity index (χ0v) is 13.5. The van der Waals surface area contributed by atoms with Gasteiger partial charge < -0.3 is 10.1 Å². The number of nitrogens with zero attached hydrogens (tertiary/aromatic N) is 2. The van der Waals surface area contributed by atoms with Crippen molar-refractivity contribution in [1.29, 1.82) is 0 Å². The minimum Gasteiger partial charge on any atom is -0.380 e. The first-order valence-electron chi connectivity index (χ1n) is 7.71. The van der Waals surface area contributed by atoms with E-state index in [1.807, 2.05) is 54.6 Å². The fourth-order valence-electron chi connectivity index (χ4n) is 2.46. The van der Waals surface area contributed by atoms with Crippen molar-refractivity contribution in [1.82, 2.24) is 9.78 Å². The van der Waals surface area contributed by atoms with Crippen LogP contribution in [0.1, 0.15) is 21.5 Å². The molecular weight excluding hydrogens is 302 g/mol. The van der Waals surface area contributed by atoms with Crippen LogP contribution in [0.3, 0.4) is 0 Å². The fraction of sp³-hybridized carbons (Fsp3) is 0.158. The van der Waals surface area contributed by atoms with Crippen molar-refractivity contribution >= 4 is 11.6 Å². The predicted molar refractivity (Wildman–Crippen MR) is 92.9 cm³/mol. The Morgan fingerprint density at radius 3 is 2.67 bits per heavy atom. The summed E-state index contributed by atoms with van der Waals surface area (Å²) in [5.74, 6) is -0.183. The smallest absolute Gasteiger partial charge is 0.258 e. The maximum Gasteiger partial charge on any atom is 0.258 e. The molecule has 0 aliphatic heterocycles. The molecule has 1 aromatic heterocycles. The van der Waals surface area contributed by atoms with E-state index in [1.54, 1.807) is 24.2 Å². The van der Waals surface area contributed by atoms with Gasteiger partial charge in [-0.25, -0.2) is 0 Å². The van der Waals surface area contributed by atoms with Gasteiger partial charge in [-0.3, -0.25) is 9.48 Å². The summed E-state index contributed by atoms with van der Waals surface area (Å²) in [4.78, 5) is 12.4. The SMILES string of the molecule is COCc1ccccc1NC(=O)c1cnn(Cc2ccccc2)c1. The molecule has 24 heavy (non-hydrogen) atoms. The van der Waals surface area contributed by atoms with E-state index in [-0.39, 0.29) is 5.91 Å². The largest absolute Gasteiger partial charge is 0.380 e. The van der Waals surface area contributed by atoms with Crippen molar-refractivity contribution in [2.24, 2.45) is 0 Å². The molecule has 2 aromatic carbocycles. The summed E-state index contributed by atoms with van der Waals surface area (Å²) in [6.07, 6.45) is 3.33. The molecule has 1 amide bonds. The molecule has 0 saturated carbocycles. The van der Waals surface area contributed by atoms with Crippen molar-refractivity contribution in [2.45, 2.75) is 13.2 Å². The summed E-state index contributed by atoms with van der Waals surface area (Å²) in [6, 6.07) is 17.6. The average molecular weight is 321 g/mol. The lowest BCUT2D eigenvalue weighted by Crippen LogP contribution is -2.13. The number of hydrogen-bond donors (Lipinski definition) is 1. The van der Waals surface area contributed by atoms with Crippen molar-refractivity contribution in [3.05, 3.63) is 83.7 Å². The Labute approximate surface area is 140 Å². The number of nitrogens with one attached hydrogen (secondary N) is 1. The maximum absolute atomic E-state index is 12.4. The van der Waals surface area contributed by atoms with Crippen LogP contribution >= 0.6 is 0 Å². The van der Waals surface area contributed by atoms with E-state index >= 15 is 0 Å². The van der Waals surface area contributed by atoms with Gasteiger partial charge in [-0.05, 0) is 11.6 Å². The molecule has 0 atom stereocenters. The number of rotatable bonds is 6. The van der Waals surface area contributed by atoms with E-state index in [2.05, 4.69) is 10.4 Å². The third-order valence-electron chi connectivity index (χ3n) is 3.65. The Morgan fingerprint density at radius 2 is 1.88 bits per heavy atom. The molecule has 0 spiro atoms. The highest BCUT2D eigenvalue weighted by atomic mass is 16.5. The second-order valence-corrected chi connectivity index (χ2v) is 5.46. The topological polar surface area (TPSA) is 56.1 Å². The van der Waals surface area contributed by atoms with Gasteiger partial charge in [0.15, 0.2) is 0 Å². The zero-order valence-electron chi connectivity index (χ0n) is 13.5. The van der Waals surface area contributed by atoms with Crippen LogP contribution in [0.2, 0.25) is 0 Å². The monoisotopic (exact) mass is 321 g/mol. The van der Waals surface area contributed by atoms with Crippen LogP contribution in [0.5, 0.6) is 0 Å². The first kappa shape index (κ1) is 16.0. The summed E-state index contributed by atoms with van der Waals surface area (Å²) in [5.41, 5.74) is 3.35. The number of hydrogen-bond acceptors (Lipinski definition) is 3. The second-order valence-electron chi connectivity index (χ2n) is 5.46. The standard InChI is InChI=1S/C19H19N3O2/c1-24-14-16-9-5-6-10-18(16)21-19(23)17-11-20-22(13-17)12-15-7-3-2-4-8-15/h2-11,13H,12,14H2,1H3,(H,21,23). The molecule has 0 fully saturated rings. The number of para-hydroxylation sites is 1. The van der Waals surface area contributed by atoms with Gasteiger partial charge in [-0.15, -0.1) is 0 Å². The van der Waals surface area contributed by atoms with Gasteiger partial charge >= 0.3 is 0 Å². The molecule has 5 heteroatoms. The number of carbonyl (C=O) groups excluding carboxylic acids is 1. The molecule has 0 radical (unpaired) electrons. The van der Waals surface area contributed by atoms with E-state index in [0.29, 0.717) is 18.7 Å². The third-order valence-corrected chi connectivity index (χ3v) is 3.65. The number of amides is 1. The Kier molecular flexibility index (Phi) is 5.03. The summed E-state index contributed by atoms with van der Waals surface area (Å²) >= 11 is 0. The molecule has 122 valence electrons. The van der Waals surface area contributed by atoms with Gasteiger partial charge in [0.2, 0.25) is 0 Å². The molecule has 1 heterocycles. The van der Waals surface area contributed by atoms with Gasteiger partial charge in [0, 0.05) is 24.6 Å². The fourth-order valence-corrected chi connectivity index (χ4v) is 2.46. The van der Waals surface area contributed by atoms with E-state index < -0.39 is 0 Å². The first-order valence-corrected chi connectivity index (χ1v) is 7.71. The summed E-state index contributed by atoms with van der Waals surface area (Å²) in [5, 5.41) is 7.18. The lowest BCUT2D eigenvalue weighted by molar-refractivity contribution is 0.102. The average Bonchev–Trinajstić information content (AvgIpc) is 3.06. The molecule has 3 aromatic rings. The Morgan fingerprint density at radius 1 is 1.12 bits per heavy atom. The lowest BCUT2D eigenvalue weighted by atomic mass is 10.2. The molecule has 1 N–H and O–H groups in total. The number of aromatic nitrogens is 2. The Balaban J connectivity index is 1.70. The van der Waals surface area contributed by atoms with E-state index in [4.69, 9.17) is 4.74 Å². The van der Waals surface area contributed by atoms with E-state index in [0.717, 1.165) is 16.8 Å². The quantitative estimate of drug-likeness (QED) is 0.757. The highest BCUT2D eigenvalue weighted by molar-refractivity contribution is 6.04. The molecular formula is C19H19N3O2. The number of anilines is 1. The Bertz CT molecular complexity index is 812. The minimum atomic E-state index is -0.183. The molecule has 0 aliphatic carbocycles. The predicted octanol–water partition coefficient (Wildman–Crippen LogP) is 3.33. The highest BCUT2D eigenvalue weighted by Gasteiger charge is 2.11. The van der Waals surface area contributed by atoms with Crippen LogP contribution in [-0.4, -0.2) is 22.8 Å². The lowest BCUT2D eigenvalue weighted by Gasteiger charge is -2.09. The van der Waals surface area contributed by atoms with Crippen molar-refractivity contribution in [3.63, 3.8) is 0 Å². The number of benzene rings is 2. The normalized spacial score (nSPS) is 10.5. The zero-order chi connectivity index (χ0) is 16.8. The second kappa shape index (κ2) is 7.57. The number of ether oxygens (including phenoxy) is 1.